The molecule has 24 heavy (non-hydrogen) atoms. The fraction of sp³-hybridized carbons (Fsp3) is 0.667. The maximum atomic E-state index is 12.5. The van der Waals surface area contributed by atoms with Gasteiger partial charge >= 0.3 is 0 Å². The summed E-state index contributed by atoms with van der Waals surface area (Å²) in [6.07, 6.45) is 2.40. The van der Waals surface area contributed by atoms with E-state index >= 15 is 0 Å². The van der Waals surface area contributed by atoms with Crippen molar-refractivity contribution < 1.29 is 14.4 Å². The summed E-state index contributed by atoms with van der Waals surface area (Å²) in [5.41, 5.74) is -0.824. The maximum Gasteiger partial charge on any atom is 0.276 e. The van der Waals surface area contributed by atoms with Crippen LogP contribution in [-0.4, -0.2) is 37.2 Å². The average molecular weight is 351 g/mol. The highest BCUT2D eigenvalue weighted by molar-refractivity contribution is 7.09. The van der Waals surface area contributed by atoms with Gasteiger partial charge in [-0.05, 0) is 37.1 Å². The molecule has 6 heteroatoms. The van der Waals surface area contributed by atoms with Crippen molar-refractivity contribution in [3.05, 3.63) is 22.4 Å². The second-order valence-corrected chi connectivity index (χ2v) is 8.07. The Balaban J connectivity index is 1.98. The molecule has 5 nitrogen and oxygen atoms in total. The van der Waals surface area contributed by atoms with Crippen LogP contribution in [0.2, 0.25) is 0 Å². The van der Waals surface area contributed by atoms with Crippen molar-refractivity contribution in [2.45, 2.75) is 51.8 Å². The summed E-state index contributed by atoms with van der Waals surface area (Å²) >= 11 is 1.71. The SMILES string of the molecule is CC(C)[C@](C)(C#N)NC(=O)C[NH+](Cc1cccs1)C[C@@H]1CCCO1. The van der Waals surface area contributed by atoms with Crippen molar-refractivity contribution in [3.8, 4) is 6.07 Å². The molecule has 1 amide bonds. The van der Waals surface area contributed by atoms with Crippen LogP contribution in [0.15, 0.2) is 17.5 Å². The fourth-order valence-corrected chi connectivity index (χ4v) is 3.63. The minimum Gasteiger partial charge on any atom is -0.372 e. The molecule has 0 bridgehead atoms. The van der Waals surface area contributed by atoms with Crippen LogP contribution >= 0.6 is 11.3 Å². The number of ether oxygens (including phenoxy) is 1. The van der Waals surface area contributed by atoms with Crippen molar-refractivity contribution in [3.63, 3.8) is 0 Å². The Morgan fingerprint density at radius 2 is 2.42 bits per heavy atom. The van der Waals surface area contributed by atoms with E-state index in [9.17, 15) is 10.1 Å². The molecule has 0 spiro atoms. The lowest BCUT2D eigenvalue weighted by molar-refractivity contribution is -0.908. The molecule has 132 valence electrons. The smallest absolute Gasteiger partial charge is 0.276 e. The summed E-state index contributed by atoms with van der Waals surface area (Å²) in [5.74, 6) is -0.0114. The van der Waals surface area contributed by atoms with Crippen molar-refractivity contribution in [1.82, 2.24) is 5.32 Å². The summed E-state index contributed by atoms with van der Waals surface area (Å²) in [6, 6.07) is 6.38. The number of carbonyl (C=O) groups excluding carboxylic acids is 1. The highest BCUT2D eigenvalue weighted by Gasteiger charge is 2.32. The second-order valence-electron chi connectivity index (χ2n) is 7.04. The highest BCUT2D eigenvalue weighted by atomic mass is 32.1. The van der Waals surface area contributed by atoms with Crippen LogP contribution in [0, 0.1) is 17.2 Å². The van der Waals surface area contributed by atoms with Crippen LogP contribution in [-0.2, 0) is 16.1 Å². The molecule has 1 aromatic rings. The first-order valence-electron chi connectivity index (χ1n) is 8.62. The minimum atomic E-state index is -0.824. The van der Waals surface area contributed by atoms with Crippen LogP contribution in [0.25, 0.3) is 0 Å². The number of thiophene rings is 1. The number of nitrogens with zero attached hydrogens (tertiary/aromatic N) is 1. The van der Waals surface area contributed by atoms with E-state index in [2.05, 4.69) is 22.8 Å². The Bertz CT molecular complexity index is 561. The Morgan fingerprint density at radius 3 is 2.96 bits per heavy atom. The lowest BCUT2D eigenvalue weighted by Gasteiger charge is -2.28. The molecule has 2 heterocycles. The van der Waals surface area contributed by atoms with Gasteiger partial charge < -0.3 is 15.0 Å². The van der Waals surface area contributed by atoms with Gasteiger partial charge in [0.05, 0.1) is 10.9 Å². The van der Waals surface area contributed by atoms with Gasteiger partial charge in [-0.25, -0.2) is 0 Å². The van der Waals surface area contributed by atoms with E-state index in [1.54, 1.807) is 18.3 Å². The summed E-state index contributed by atoms with van der Waals surface area (Å²) in [7, 11) is 0. The molecule has 0 aromatic carbocycles. The molecule has 1 aliphatic heterocycles. The molecule has 1 fully saturated rings. The van der Waals surface area contributed by atoms with E-state index in [0.29, 0.717) is 6.54 Å². The van der Waals surface area contributed by atoms with Gasteiger partial charge in [0.2, 0.25) is 0 Å². The van der Waals surface area contributed by atoms with E-state index in [4.69, 9.17) is 4.74 Å². The van der Waals surface area contributed by atoms with Crippen LogP contribution in [0.5, 0.6) is 0 Å². The number of nitriles is 1. The van der Waals surface area contributed by atoms with Gasteiger partial charge in [0, 0.05) is 6.61 Å². The van der Waals surface area contributed by atoms with Gasteiger partial charge in [-0.1, -0.05) is 19.9 Å². The van der Waals surface area contributed by atoms with Gasteiger partial charge in [-0.3, -0.25) is 4.79 Å². The highest BCUT2D eigenvalue weighted by Crippen LogP contribution is 2.15. The summed E-state index contributed by atoms with van der Waals surface area (Å²) < 4.78 is 5.74. The van der Waals surface area contributed by atoms with Gasteiger partial charge in [0.15, 0.2) is 6.54 Å². The van der Waals surface area contributed by atoms with Gasteiger partial charge in [0.25, 0.3) is 5.91 Å². The third-order valence-electron chi connectivity index (χ3n) is 4.74. The molecule has 2 rings (SSSR count). The topological polar surface area (TPSA) is 66.6 Å². The average Bonchev–Trinajstić information content (AvgIpc) is 3.20. The van der Waals surface area contributed by atoms with Crippen LogP contribution in [0.1, 0.15) is 38.5 Å². The third kappa shape index (κ3) is 5.30. The molecule has 2 N–H and O–H groups in total. The van der Waals surface area contributed by atoms with E-state index in [1.165, 1.54) is 9.78 Å². The summed E-state index contributed by atoms with van der Waals surface area (Å²) in [5, 5.41) is 14.4. The fourth-order valence-electron chi connectivity index (χ4n) is 2.86. The van der Waals surface area contributed by atoms with Crippen molar-refractivity contribution in [2.24, 2.45) is 5.92 Å². The van der Waals surface area contributed by atoms with Crippen molar-refractivity contribution in [2.75, 3.05) is 19.7 Å². The second kappa shape index (κ2) is 8.61. The number of quaternary nitrogens is 1. The minimum absolute atomic E-state index is 0.0605. The van der Waals surface area contributed by atoms with Crippen LogP contribution in [0.4, 0.5) is 0 Å². The van der Waals surface area contributed by atoms with E-state index in [-0.39, 0.29) is 17.9 Å². The third-order valence-corrected chi connectivity index (χ3v) is 5.62. The Morgan fingerprint density at radius 1 is 1.62 bits per heavy atom. The predicted octanol–water partition coefficient (Wildman–Crippen LogP) is 1.37. The van der Waals surface area contributed by atoms with Crippen molar-refractivity contribution >= 4 is 17.2 Å². The molecule has 0 radical (unpaired) electrons. The molecule has 0 aliphatic carbocycles. The summed E-state index contributed by atoms with van der Waals surface area (Å²) in [4.78, 5) is 15.0. The number of nitrogens with one attached hydrogen (secondary N) is 2. The molecule has 1 unspecified atom stereocenters. The summed E-state index contributed by atoms with van der Waals surface area (Å²) in [6.45, 7) is 8.52. The lowest BCUT2D eigenvalue weighted by atomic mass is 9.90. The van der Waals surface area contributed by atoms with Crippen LogP contribution in [0.3, 0.4) is 0 Å². The first kappa shape index (κ1) is 18.9. The Hall–Kier alpha value is -1.42. The van der Waals surface area contributed by atoms with E-state index < -0.39 is 5.54 Å². The maximum absolute atomic E-state index is 12.5. The zero-order chi connectivity index (χ0) is 17.6. The van der Waals surface area contributed by atoms with Gasteiger partial charge in [0.1, 0.15) is 24.7 Å². The zero-order valence-electron chi connectivity index (χ0n) is 14.8. The number of hydrogen-bond donors (Lipinski definition) is 2. The van der Waals surface area contributed by atoms with Crippen molar-refractivity contribution in [1.29, 1.82) is 5.26 Å². The number of carbonyl (C=O) groups is 1. The lowest BCUT2D eigenvalue weighted by Crippen LogP contribution is -3.13. The number of hydrogen-bond acceptors (Lipinski definition) is 4. The Kier molecular flexibility index (Phi) is 6.79. The monoisotopic (exact) mass is 350 g/mol. The predicted molar refractivity (Wildman–Crippen MR) is 94.7 cm³/mol. The quantitative estimate of drug-likeness (QED) is 0.744. The van der Waals surface area contributed by atoms with E-state index in [0.717, 1.165) is 32.5 Å². The van der Waals surface area contributed by atoms with Crippen LogP contribution < -0.4 is 10.2 Å². The standard InChI is InChI=1S/C18H27N3O2S/c1-14(2)18(3,13-19)20-17(22)12-21(10-15-6-4-8-23-15)11-16-7-5-9-24-16/h5,7,9,14-15H,4,6,8,10-12H2,1-3H3,(H,20,22)/p+1/t15-,18-/m0/s1. The molecular weight excluding hydrogens is 322 g/mol. The molecule has 1 aliphatic rings. The normalized spacial score (nSPS) is 21.2. The largest absolute Gasteiger partial charge is 0.372 e. The van der Waals surface area contributed by atoms with Gasteiger partial charge in [-0.15, -0.1) is 11.3 Å². The zero-order valence-corrected chi connectivity index (χ0v) is 15.6. The first-order chi connectivity index (χ1) is 11.4. The molecule has 0 saturated carbocycles. The number of amides is 1. The molecule has 3 atom stereocenters. The van der Waals surface area contributed by atoms with E-state index in [1.807, 2.05) is 19.9 Å². The molecule has 1 aromatic heterocycles. The first-order valence-corrected chi connectivity index (χ1v) is 9.50. The molecule has 1 saturated heterocycles. The van der Waals surface area contributed by atoms with Gasteiger partial charge in [-0.2, -0.15) is 5.26 Å². The Labute approximate surface area is 148 Å². The number of rotatable bonds is 8. The molecular formula is C18H28N3O2S+.